The summed E-state index contributed by atoms with van der Waals surface area (Å²) in [6.07, 6.45) is 8.77. The molecule has 2 N–H and O–H groups in total. The maximum atomic E-state index is 5.36. The highest BCUT2D eigenvalue weighted by Crippen LogP contribution is 2.40. The Morgan fingerprint density at radius 3 is 1.29 bits per heavy atom. The molecule has 0 aliphatic rings. The predicted molar refractivity (Wildman–Crippen MR) is 41.5 cm³/mol. The lowest BCUT2D eigenvalue weighted by Gasteiger charge is -2.30. The molecule has 0 aliphatic heterocycles. The maximum Gasteiger partial charge on any atom is -0.0168 e. The van der Waals surface area contributed by atoms with E-state index >= 15 is 0 Å². The average molecular weight is 121 g/mol. The molecular weight excluding hydrogens is 106 g/mol. The van der Waals surface area contributed by atoms with Crippen LogP contribution in [0, 0.1) is 0 Å². The summed E-state index contributed by atoms with van der Waals surface area (Å²) in [6, 6.07) is 0. The molecule has 0 radical (unpaired) electrons. The van der Waals surface area contributed by atoms with E-state index in [9.17, 15) is 0 Å². The Bertz CT molecular complexity index is 106. The van der Waals surface area contributed by atoms with Crippen LogP contribution in [0.3, 0.4) is 0 Å². The van der Waals surface area contributed by atoms with Crippen LogP contribution in [0.25, 0.3) is 0 Å². The van der Waals surface area contributed by atoms with Crippen molar-refractivity contribution < 1.29 is 0 Å². The van der Waals surface area contributed by atoms with Crippen LogP contribution in [-0.4, -0.2) is 30.5 Å². The molecule has 0 spiro atoms. The van der Waals surface area contributed by atoms with Gasteiger partial charge in [-0.3, -0.25) is 0 Å². The first-order chi connectivity index (χ1) is 2.81. The Balaban J connectivity index is 4.47. The van der Waals surface area contributed by atoms with E-state index in [-0.39, 0.29) is 0 Å². The van der Waals surface area contributed by atoms with E-state index in [1.54, 1.807) is 0 Å². The van der Waals surface area contributed by atoms with E-state index in [0.717, 1.165) is 0 Å². The van der Waals surface area contributed by atoms with Crippen LogP contribution in [-0.2, 0) is 0 Å². The number of hydrogen-bond acceptors (Lipinski definition) is 0. The van der Waals surface area contributed by atoms with Gasteiger partial charge in [-0.25, -0.2) is 8.75 Å². The van der Waals surface area contributed by atoms with Gasteiger partial charge in [0, 0.05) is 0 Å². The van der Waals surface area contributed by atoms with Crippen LogP contribution in [0.1, 0.15) is 0 Å². The van der Waals surface area contributed by atoms with Crippen LogP contribution in [0.2, 0.25) is 0 Å². The van der Waals surface area contributed by atoms with Gasteiger partial charge in [-0.1, -0.05) is 0 Å². The standard InChI is InChI=1S/C5H15NS/c1-7(2,3,4)5-6/h5H,6H2,1-4H3. The molecule has 7 heavy (non-hydrogen) atoms. The van der Waals surface area contributed by atoms with E-state index in [4.69, 9.17) is 5.73 Å². The topological polar surface area (TPSA) is 26.0 Å². The van der Waals surface area contributed by atoms with Gasteiger partial charge in [-0.15, -0.1) is 0 Å². The summed E-state index contributed by atoms with van der Waals surface area (Å²) >= 11 is 0. The lowest BCUT2D eigenvalue weighted by molar-refractivity contribution is 1.89. The highest BCUT2D eigenvalue weighted by atomic mass is 32.3. The molecule has 0 amide bonds. The van der Waals surface area contributed by atoms with E-state index in [1.165, 1.54) is 0 Å². The largest absolute Gasteiger partial charge is 0.305 e. The predicted octanol–water partition coefficient (Wildman–Crippen LogP) is 0.564. The van der Waals surface area contributed by atoms with Crippen molar-refractivity contribution in [2.24, 2.45) is 5.73 Å². The van der Waals surface area contributed by atoms with Crippen molar-refractivity contribution >= 4 is 14.2 Å². The van der Waals surface area contributed by atoms with Crippen molar-refractivity contribution in [2.45, 2.75) is 0 Å². The second-order valence-corrected chi connectivity index (χ2v) is 10.6. The van der Waals surface area contributed by atoms with Crippen LogP contribution in [0.15, 0.2) is 0 Å². The summed E-state index contributed by atoms with van der Waals surface area (Å²) < 4.78 is 0. The molecule has 0 rings (SSSR count). The summed E-state index contributed by atoms with van der Waals surface area (Å²) in [5, 5.41) is 0. The summed E-state index contributed by atoms with van der Waals surface area (Å²) in [4.78, 5) is 0. The van der Waals surface area contributed by atoms with Crippen molar-refractivity contribution in [3.8, 4) is 0 Å². The Morgan fingerprint density at radius 2 is 1.29 bits per heavy atom. The molecule has 0 saturated carbocycles. The second-order valence-electron chi connectivity index (χ2n) is 3.53. The van der Waals surface area contributed by atoms with E-state index < -0.39 is 8.75 Å². The van der Waals surface area contributed by atoms with Gasteiger partial charge in [0.1, 0.15) is 0 Å². The third-order valence-electron chi connectivity index (χ3n) is 0.544. The van der Waals surface area contributed by atoms with Crippen LogP contribution in [0.5, 0.6) is 0 Å². The number of hydrogen-bond donors (Lipinski definition) is 1. The highest BCUT2D eigenvalue weighted by molar-refractivity contribution is 8.45. The summed E-state index contributed by atoms with van der Waals surface area (Å²) in [6.45, 7) is 0. The van der Waals surface area contributed by atoms with E-state index in [0.29, 0.717) is 0 Å². The van der Waals surface area contributed by atoms with E-state index in [2.05, 4.69) is 25.0 Å². The molecule has 0 aromatic rings. The van der Waals surface area contributed by atoms with Crippen LogP contribution >= 0.6 is 8.75 Å². The molecule has 0 fully saturated rings. The fraction of sp³-hybridized carbons (Fsp3) is 0.800. The zero-order valence-corrected chi connectivity index (χ0v) is 6.38. The fourth-order valence-corrected chi connectivity index (χ4v) is 0. The summed E-state index contributed by atoms with van der Waals surface area (Å²) in [5.41, 5.74) is 7.18. The van der Waals surface area contributed by atoms with Crippen LogP contribution < -0.4 is 5.73 Å². The van der Waals surface area contributed by atoms with Gasteiger partial charge < -0.3 is 5.73 Å². The van der Waals surface area contributed by atoms with Gasteiger partial charge >= 0.3 is 0 Å². The lowest BCUT2D eigenvalue weighted by Crippen LogP contribution is -2.07. The average Bonchev–Trinajstić information content (AvgIpc) is 1.32. The molecular formula is C5H15NS. The fourth-order valence-electron chi connectivity index (χ4n) is 0. The number of rotatable bonds is 0. The van der Waals surface area contributed by atoms with Crippen molar-refractivity contribution in [1.82, 2.24) is 0 Å². The normalized spacial score (nSPS) is 17.6. The third-order valence-corrected chi connectivity index (χ3v) is 1.63. The minimum atomic E-state index is -1.21. The molecule has 0 aromatic carbocycles. The molecule has 0 atom stereocenters. The number of nitrogens with two attached hydrogens (primary N) is 1. The molecule has 2 heteroatoms. The molecule has 46 valence electrons. The van der Waals surface area contributed by atoms with Gasteiger partial charge in [0.25, 0.3) is 0 Å². The molecule has 0 unspecified atom stereocenters. The van der Waals surface area contributed by atoms with Gasteiger partial charge in [0.2, 0.25) is 0 Å². The molecule has 1 nitrogen and oxygen atoms in total. The zero-order chi connectivity index (χ0) is 6.15. The quantitative estimate of drug-likeness (QED) is 0.466. The molecule has 0 aliphatic carbocycles. The summed E-state index contributed by atoms with van der Waals surface area (Å²) in [7, 11) is -1.21. The minimum absolute atomic E-state index is 1.21. The molecule has 0 bridgehead atoms. The Morgan fingerprint density at radius 1 is 1.14 bits per heavy atom. The van der Waals surface area contributed by atoms with Crippen molar-refractivity contribution in [2.75, 3.05) is 25.0 Å². The smallest absolute Gasteiger partial charge is 0.0168 e. The molecule has 0 saturated heterocycles. The first-order valence-corrected chi connectivity index (χ1v) is 5.94. The van der Waals surface area contributed by atoms with Crippen LogP contribution in [0.4, 0.5) is 0 Å². The minimum Gasteiger partial charge on any atom is -0.305 e. The second kappa shape index (κ2) is 1.33. The zero-order valence-electron chi connectivity index (χ0n) is 5.56. The first-order valence-electron chi connectivity index (χ1n) is 2.20. The van der Waals surface area contributed by atoms with Crippen molar-refractivity contribution in [3.63, 3.8) is 0 Å². The van der Waals surface area contributed by atoms with Gasteiger partial charge in [-0.2, -0.15) is 0 Å². The molecule has 0 aromatic heterocycles. The van der Waals surface area contributed by atoms with Crippen molar-refractivity contribution in [3.05, 3.63) is 0 Å². The SMILES string of the molecule is CS(C)(C)(C)=CN. The Hall–Kier alpha value is 0.180. The van der Waals surface area contributed by atoms with Gasteiger partial charge in [-0.05, 0) is 30.5 Å². The highest BCUT2D eigenvalue weighted by Gasteiger charge is 2.02. The van der Waals surface area contributed by atoms with Crippen molar-refractivity contribution in [1.29, 1.82) is 0 Å². The molecule has 0 heterocycles. The Kier molecular flexibility index (Phi) is 1.36. The van der Waals surface area contributed by atoms with E-state index in [1.807, 2.05) is 5.49 Å². The Labute approximate surface area is 45.8 Å². The van der Waals surface area contributed by atoms with Gasteiger partial charge in [0.15, 0.2) is 0 Å². The third kappa shape index (κ3) is 6.18. The summed E-state index contributed by atoms with van der Waals surface area (Å²) in [5.74, 6) is 0. The lowest BCUT2D eigenvalue weighted by atomic mass is 11.6. The monoisotopic (exact) mass is 121 g/mol. The maximum absolute atomic E-state index is 5.36. The van der Waals surface area contributed by atoms with Gasteiger partial charge in [0.05, 0.1) is 0 Å². The first kappa shape index (κ1) is 7.18.